The first-order chi connectivity index (χ1) is 19.3. The van der Waals surface area contributed by atoms with Crippen LogP contribution in [0.2, 0.25) is 0 Å². The number of amides is 2. The number of hydrogen-bond acceptors (Lipinski definition) is 7. The van der Waals surface area contributed by atoms with Crippen molar-refractivity contribution in [3.8, 4) is 0 Å². The van der Waals surface area contributed by atoms with Gasteiger partial charge < -0.3 is 9.68 Å². The van der Waals surface area contributed by atoms with E-state index in [1.807, 2.05) is 74.7 Å². The standard InChI is InChI=1S/C29H24B2N4O4S/c1-18-15-25(40-17-18)28(36)35-31(23-13-6-4-11-21(23)16-32-35)39-27-22-12-5-7-14-24(22)30(38)34(33-27)29(37)26-19(2)9-8-10-20(26)3/h4-17,38H,1-3H3. The van der Waals surface area contributed by atoms with Crippen LogP contribution in [0.1, 0.15) is 47.8 Å². The van der Waals surface area contributed by atoms with E-state index in [2.05, 4.69) is 10.2 Å². The van der Waals surface area contributed by atoms with Gasteiger partial charge in [0.25, 0.3) is 11.8 Å². The second-order valence-electron chi connectivity index (χ2n) is 9.76. The summed E-state index contributed by atoms with van der Waals surface area (Å²) in [5, 5.41) is 22.2. The monoisotopic (exact) mass is 546 g/mol. The molecule has 3 aromatic carbocycles. The van der Waals surface area contributed by atoms with Gasteiger partial charge in [0.1, 0.15) is 0 Å². The molecule has 6 rings (SSSR count). The minimum atomic E-state index is -1.32. The fraction of sp³-hybridized carbons (Fsp3) is 0.103. The molecule has 1 N–H and O–H groups in total. The predicted molar refractivity (Wildman–Crippen MR) is 158 cm³/mol. The average Bonchev–Trinajstić information content (AvgIpc) is 3.40. The van der Waals surface area contributed by atoms with Crippen molar-refractivity contribution in [3.63, 3.8) is 0 Å². The molecule has 2 aliphatic heterocycles. The Hall–Kier alpha value is -4.47. The van der Waals surface area contributed by atoms with Crippen LogP contribution in [-0.4, -0.2) is 52.9 Å². The molecule has 11 heteroatoms. The van der Waals surface area contributed by atoms with Gasteiger partial charge in [0.2, 0.25) is 5.90 Å². The summed E-state index contributed by atoms with van der Waals surface area (Å²) in [6, 6.07) is 22.0. The van der Waals surface area contributed by atoms with Crippen LogP contribution in [0.25, 0.3) is 0 Å². The van der Waals surface area contributed by atoms with Crippen molar-refractivity contribution >= 4 is 60.3 Å². The lowest BCUT2D eigenvalue weighted by Gasteiger charge is -2.32. The van der Waals surface area contributed by atoms with Crippen LogP contribution in [0.15, 0.2) is 88.4 Å². The summed E-state index contributed by atoms with van der Waals surface area (Å²) in [6.07, 6.45) is 1.63. The van der Waals surface area contributed by atoms with Crippen LogP contribution in [0, 0.1) is 20.8 Å². The van der Waals surface area contributed by atoms with E-state index in [1.54, 1.807) is 30.5 Å². The number of carbonyl (C=O) groups is 2. The van der Waals surface area contributed by atoms with Gasteiger partial charge in [-0.05, 0) is 71.5 Å². The molecule has 4 aromatic rings. The van der Waals surface area contributed by atoms with E-state index in [1.165, 1.54) is 16.3 Å². The molecule has 0 fully saturated rings. The Labute approximate surface area is 236 Å². The molecule has 8 nitrogen and oxygen atoms in total. The van der Waals surface area contributed by atoms with Crippen molar-refractivity contribution in [3.05, 3.63) is 116 Å². The molecule has 2 amide bonds. The van der Waals surface area contributed by atoms with Crippen LogP contribution >= 0.6 is 11.3 Å². The van der Waals surface area contributed by atoms with E-state index in [9.17, 15) is 14.6 Å². The van der Waals surface area contributed by atoms with Crippen LogP contribution in [-0.2, 0) is 4.65 Å². The highest BCUT2D eigenvalue weighted by atomic mass is 32.1. The Morgan fingerprint density at radius 3 is 2.30 bits per heavy atom. The van der Waals surface area contributed by atoms with Crippen molar-refractivity contribution in [2.75, 3.05) is 0 Å². The number of rotatable bonds is 3. The molecule has 0 unspecified atom stereocenters. The van der Waals surface area contributed by atoms with Crippen LogP contribution in [0.5, 0.6) is 0 Å². The van der Waals surface area contributed by atoms with Gasteiger partial charge in [-0.15, -0.1) is 16.4 Å². The highest BCUT2D eigenvalue weighted by Crippen LogP contribution is 2.23. The lowest BCUT2D eigenvalue weighted by Crippen LogP contribution is -2.58. The Kier molecular flexibility index (Phi) is 6.61. The summed E-state index contributed by atoms with van der Waals surface area (Å²) >= 11 is 1.34. The number of carbonyl (C=O) groups excluding carboxylic acids is 2. The summed E-state index contributed by atoms with van der Waals surface area (Å²) < 4.78 is 6.51. The molecule has 0 radical (unpaired) electrons. The van der Waals surface area contributed by atoms with E-state index in [0.717, 1.165) is 32.6 Å². The molecule has 3 heterocycles. The van der Waals surface area contributed by atoms with Crippen LogP contribution < -0.4 is 10.9 Å². The summed E-state index contributed by atoms with van der Waals surface area (Å²) in [4.78, 5) is 30.2. The zero-order valence-corrected chi connectivity index (χ0v) is 22.9. The molecular formula is C29H24B2N4O4S. The lowest BCUT2D eigenvalue weighted by atomic mass is 9.67. The zero-order chi connectivity index (χ0) is 28.0. The number of aryl methyl sites for hydroxylation is 3. The molecule has 40 heavy (non-hydrogen) atoms. The number of benzene rings is 3. The van der Waals surface area contributed by atoms with Crippen molar-refractivity contribution in [1.29, 1.82) is 0 Å². The maximum atomic E-state index is 13.8. The van der Waals surface area contributed by atoms with Crippen molar-refractivity contribution in [2.24, 2.45) is 10.2 Å². The maximum absolute atomic E-state index is 13.8. The van der Waals surface area contributed by atoms with Gasteiger partial charge in [-0.1, -0.05) is 60.7 Å². The first-order valence-electron chi connectivity index (χ1n) is 12.8. The highest BCUT2D eigenvalue weighted by Gasteiger charge is 2.43. The van der Waals surface area contributed by atoms with Gasteiger partial charge in [0, 0.05) is 11.1 Å². The third-order valence-corrected chi connectivity index (χ3v) is 8.02. The smallest absolute Gasteiger partial charge is 0.521 e. The molecule has 0 saturated carbocycles. The van der Waals surface area contributed by atoms with Gasteiger partial charge in [-0.2, -0.15) is 5.10 Å². The van der Waals surface area contributed by atoms with Gasteiger partial charge in [0.15, 0.2) is 0 Å². The average molecular weight is 546 g/mol. The number of nitrogens with zero attached hydrogens (tertiary/aromatic N) is 4. The molecule has 0 atom stereocenters. The Morgan fingerprint density at radius 1 is 0.875 bits per heavy atom. The largest absolute Gasteiger partial charge is 0.545 e. The number of hydrogen-bond donors (Lipinski definition) is 1. The quantitative estimate of drug-likeness (QED) is 0.400. The van der Waals surface area contributed by atoms with Gasteiger partial charge in [0.05, 0.1) is 11.1 Å². The van der Waals surface area contributed by atoms with Crippen molar-refractivity contribution in [1.82, 2.24) is 9.84 Å². The molecule has 0 spiro atoms. The third kappa shape index (κ3) is 4.43. The predicted octanol–water partition coefficient (Wildman–Crippen LogP) is 3.08. The third-order valence-electron chi connectivity index (χ3n) is 6.98. The summed E-state index contributed by atoms with van der Waals surface area (Å²) in [6.45, 7) is 5.62. The topological polar surface area (TPSA) is 94.8 Å². The minimum absolute atomic E-state index is 0.0950. The van der Waals surface area contributed by atoms with Gasteiger partial charge >= 0.3 is 14.1 Å². The molecule has 2 aliphatic rings. The normalized spacial score (nSPS) is 14.1. The van der Waals surface area contributed by atoms with E-state index in [-0.39, 0.29) is 11.8 Å². The van der Waals surface area contributed by atoms with Crippen LogP contribution in [0.4, 0.5) is 0 Å². The van der Waals surface area contributed by atoms with E-state index in [4.69, 9.17) is 4.65 Å². The summed E-state index contributed by atoms with van der Waals surface area (Å²) in [5.74, 6) is -0.678. The first-order valence-corrected chi connectivity index (χ1v) is 13.7. The van der Waals surface area contributed by atoms with E-state index < -0.39 is 20.0 Å². The summed E-state index contributed by atoms with van der Waals surface area (Å²) in [5.41, 5.74) is 5.48. The number of thiophene rings is 1. The van der Waals surface area contributed by atoms with Crippen molar-refractivity contribution in [2.45, 2.75) is 20.8 Å². The highest BCUT2D eigenvalue weighted by molar-refractivity contribution is 7.12. The molecule has 0 aliphatic carbocycles. The number of fused-ring (bicyclic) bond motifs is 2. The molecule has 196 valence electrons. The fourth-order valence-electron chi connectivity index (χ4n) is 4.97. The number of hydrazone groups is 2. The lowest BCUT2D eigenvalue weighted by molar-refractivity contribution is 0.0830. The van der Waals surface area contributed by atoms with E-state index >= 15 is 0 Å². The Balaban J connectivity index is 1.44. The molecule has 0 bridgehead atoms. The van der Waals surface area contributed by atoms with Crippen molar-refractivity contribution < 1.29 is 19.3 Å². The SMILES string of the molecule is Cc1csc(C(=O)N2N=Cc3ccccc3B2OC2=NN(C(=O)c3c(C)cccc3C)B(O)c3ccccc32)c1. The summed E-state index contributed by atoms with van der Waals surface area (Å²) in [7, 11) is -2.28. The van der Waals surface area contributed by atoms with Gasteiger partial charge in [-0.25, -0.2) is 9.84 Å². The molecule has 0 saturated heterocycles. The molecular weight excluding hydrogens is 522 g/mol. The second kappa shape index (κ2) is 10.3. The van der Waals surface area contributed by atoms with Crippen LogP contribution in [0.3, 0.4) is 0 Å². The maximum Gasteiger partial charge on any atom is 0.545 e. The second-order valence-corrected chi connectivity index (χ2v) is 10.7. The first kappa shape index (κ1) is 25.8. The Morgan fingerprint density at radius 2 is 1.57 bits per heavy atom. The fourth-order valence-corrected chi connectivity index (χ4v) is 5.80. The Bertz CT molecular complexity index is 1700. The minimum Gasteiger partial charge on any atom is -0.521 e. The van der Waals surface area contributed by atoms with E-state index in [0.29, 0.717) is 21.5 Å². The molecule has 1 aromatic heterocycles. The zero-order valence-electron chi connectivity index (χ0n) is 22.1. The van der Waals surface area contributed by atoms with Gasteiger partial charge in [-0.3, -0.25) is 9.59 Å².